The van der Waals surface area contributed by atoms with Gasteiger partial charge < -0.3 is 16.0 Å². The van der Waals surface area contributed by atoms with Gasteiger partial charge in [-0.3, -0.25) is 9.78 Å². The Kier molecular flexibility index (Phi) is 3.27. The fraction of sp³-hybridized carbons (Fsp3) is 0.333. The summed E-state index contributed by atoms with van der Waals surface area (Å²) in [5.41, 5.74) is 7.72. The molecule has 0 fully saturated rings. The summed E-state index contributed by atoms with van der Waals surface area (Å²) in [7, 11) is 0. The van der Waals surface area contributed by atoms with Crippen LogP contribution in [0.4, 0.5) is 11.4 Å². The lowest BCUT2D eigenvalue weighted by Crippen LogP contribution is -2.28. The molecule has 90 valence electrons. The highest BCUT2D eigenvalue weighted by molar-refractivity contribution is 5.92. The highest BCUT2D eigenvalue weighted by Gasteiger charge is 2.10. The zero-order chi connectivity index (χ0) is 12.3. The minimum absolute atomic E-state index is 0.0541. The third-order valence-electron chi connectivity index (χ3n) is 2.66. The molecule has 0 aliphatic carbocycles. The topological polar surface area (TPSA) is 71.2 Å². The standard InChI is InChI=1S/C12H16N4O/c1-9-11(13)6-10(7-14-9)15-12(17)8-16-4-2-3-5-16/h2,4,6-7H,3,5,8,13H2,1H3,(H,15,17). The molecule has 5 heteroatoms. The normalized spacial score (nSPS) is 14.1. The predicted molar refractivity (Wildman–Crippen MR) is 67.3 cm³/mol. The number of anilines is 2. The van der Waals surface area contributed by atoms with Gasteiger partial charge in [0.25, 0.3) is 0 Å². The summed E-state index contributed by atoms with van der Waals surface area (Å²) in [5, 5.41) is 2.78. The Labute approximate surface area is 100 Å². The van der Waals surface area contributed by atoms with Crippen molar-refractivity contribution in [1.29, 1.82) is 0 Å². The molecule has 1 aromatic heterocycles. The maximum Gasteiger partial charge on any atom is 0.243 e. The van der Waals surface area contributed by atoms with Gasteiger partial charge >= 0.3 is 0 Å². The van der Waals surface area contributed by atoms with Gasteiger partial charge in [-0.25, -0.2) is 0 Å². The van der Waals surface area contributed by atoms with E-state index in [4.69, 9.17) is 5.73 Å². The van der Waals surface area contributed by atoms with Gasteiger partial charge in [-0.2, -0.15) is 0 Å². The highest BCUT2D eigenvalue weighted by Crippen LogP contribution is 2.14. The van der Waals surface area contributed by atoms with Crippen molar-refractivity contribution in [3.05, 3.63) is 30.2 Å². The second-order valence-corrected chi connectivity index (χ2v) is 4.09. The van der Waals surface area contributed by atoms with Gasteiger partial charge in [0.1, 0.15) is 0 Å². The van der Waals surface area contributed by atoms with Crippen molar-refractivity contribution < 1.29 is 4.79 Å². The van der Waals surface area contributed by atoms with Gasteiger partial charge in [0.15, 0.2) is 0 Å². The van der Waals surface area contributed by atoms with Crippen LogP contribution in [-0.4, -0.2) is 28.9 Å². The summed E-state index contributed by atoms with van der Waals surface area (Å²) in [5.74, 6) is -0.0541. The van der Waals surface area contributed by atoms with Crippen LogP contribution in [0.25, 0.3) is 0 Å². The third-order valence-corrected chi connectivity index (χ3v) is 2.66. The van der Waals surface area contributed by atoms with E-state index < -0.39 is 0 Å². The molecule has 0 unspecified atom stereocenters. The molecule has 1 aliphatic rings. The molecule has 1 aromatic rings. The molecule has 5 nitrogen and oxygen atoms in total. The summed E-state index contributed by atoms with van der Waals surface area (Å²) in [6.07, 6.45) is 6.62. The second kappa shape index (κ2) is 4.86. The van der Waals surface area contributed by atoms with Crippen LogP contribution < -0.4 is 11.1 Å². The lowest BCUT2D eigenvalue weighted by atomic mass is 10.3. The Bertz CT molecular complexity index is 456. The first-order valence-corrected chi connectivity index (χ1v) is 5.58. The van der Waals surface area contributed by atoms with Crippen LogP contribution in [0.2, 0.25) is 0 Å². The van der Waals surface area contributed by atoms with E-state index >= 15 is 0 Å². The molecule has 0 saturated carbocycles. The number of nitrogens with one attached hydrogen (secondary N) is 1. The maximum absolute atomic E-state index is 11.7. The van der Waals surface area contributed by atoms with Crippen LogP contribution >= 0.6 is 0 Å². The Morgan fingerprint density at radius 3 is 3.12 bits per heavy atom. The lowest BCUT2D eigenvalue weighted by molar-refractivity contribution is -0.116. The molecular formula is C12H16N4O. The van der Waals surface area contributed by atoms with E-state index in [0.717, 1.165) is 18.7 Å². The van der Waals surface area contributed by atoms with Crippen molar-refractivity contribution in [1.82, 2.24) is 9.88 Å². The SMILES string of the molecule is Cc1ncc(NC(=O)CN2C=CCC2)cc1N. The molecule has 0 atom stereocenters. The first-order valence-electron chi connectivity index (χ1n) is 5.58. The summed E-state index contributed by atoms with van der Waals surface area (Å²) in [6.45, 7) is 3.10. The number of nitrogen functional groups attached to an aromatic ring is 1. The monoisotopic (exact) mass is 232 g/mol. The van der Waals surface area contributed by atoms with Crippen molar-refractivity contribution in [2.24, 2.45) is 0 Å². The number of carbonyl (C=O) groups is 1. The molecule has 3 N–H and O–H groups in total. The molecule has 1 aliphatic heterocycles. The molecule has 17 heavy (non-hydrogen) atoms. The van der Waals surface area contributed by atoms with Crippen molar-refractivity contribution in [3.63, 3.8) is 0 Å². The maximum atomic E-state index is 11.7. The van der Waals surface area contributed by atoms with Gasteiger partial charge in [0.2, 0.25) is 5.91 Å². The van der Waals surface area contributed by atoms with Crippen LogP contribution in [0.5, 0.6) is 0 Å². The van der Waals surface area contributed by atoms with E-state index in [2.05, 4.69) is 16.4 Å². The van der Waals surface area contributed by atoms with Crippen LogP contribution in [0.15, 0.2) is 24.5 Å². The number of aromatic nitrogens is 1. The smallest absolute Gasteiger partial charge is 0.243 e. The van der Waals surface area contributed by atoms with Crippen LogP contribution in [0, 0.1) is 6.92 Å². The Morgan fingerprint density at radius 2 is 2.47 bits per heavy atom. The van der Waals surface area contributed by atoms with Crippen molar-refractivity contribution in [2.45, 2.75) is 13.3 Å². The van der Waals surface area contributed by atoms with E-state index in [9.17, 15) is 4.79 Å². The van der Waals surface area contributed by atoms with Crippen LogP contribution in [0.1, 0.15) is 12.1 Å². The number of amides is 1. The van der Waals surface area contributed by atoms with E-state index in [0.29, 0.717) is 17.9 Å². The van der Waals surface area contributed by atoms with Crippen LogP contribution in [-0.2, 0) is 4.79 Å². The van der Waals surface area contributed by atoms with E-state index in [1.54, 1.807) is 12.3 Å². The van der Waals surface area contributed by atoms with E-state index in [-0.39, 0.29) is 5.91 Å². The Morgan fingerprint density at radius 1 is 1.65 bits per heavy atom. The molecule has 0 saturated heterocycles. The number of nitrogens with zero attached hydrogens (tertiary/aromatic N) is 2. The number of hydrogen-bond acceptors (Lipinski definition) is 4. The zero-order valence-electron chi connectivity index (χ0n) is 9.81. The zero-order valence-corrected chi connectivity index (χ0v) is 9.81. The predicted octanol–water partition coefficient (Wildman–Crippen LogP) is 1.13. The summed E-state index contributed by atoms with van der Waals surface area (Å²) >= 11 is 0. The number of hydrogen-bond donors (Lipinski definition) is 2. The quantitative estimate of drug-likeness (QED) is 0.819. The fourth-order valence-corrected chi connectivity index (χ4v) is 1.67. The molecular weight excluding hydrogens is 216 g/mol. The number of aryl methyl sites for hydroxylation is 1. The average molecular weight is 232 g/mol. The number of pyridine rings is 1. The molecule has 0 bridgehead atoms. The van der Waals surface area contributed by atoms with Crippen molar-refractivity contribution in [3.8, 4) is 0 Å². The van der Waals surface area contributed by atoms with Crippen molar-refractivity contribution >= 4 is 17.3 Å². The first kappa shape index (κ1) is 11.4. The van der Waals surface area contributed by atoms with Gasteiger partial charge in [-0.1, -0.05) is 6.08 Å². The largest absolute Gasteiger partial charge is 0.397 e. The van der Waals surface area contributed by atoms with Gasteiger partial charge in [-0.15, -0.1) is 0 Å². The Balaban J connectivity index is 1.93. The second-order valence-electron chi connectivity index (χ2n) is 4.09. The average Bonchev–Trinajstić information content (AvgIpc) is 2.76. The number of nitrogens with two attached hydrogens (primary N) is 1. The fourth-order valence-electron chi connectivity index (χ4n) is 1.67. The number of carbonyl (C=O) groups excluding carboxylic acids is 1. The van der Waals surface area contributed by atoms with Crippen LogP contribution in [0.3, 0.4) is 0 Å². The summed E-state index contributed by atoms with van der Waals surface area (Å²) in [4.78, 5) is 17.8. The first-order chi connectivity index (χ1) is 8.15. The molecule has 2 rings (SSSR count). The molecule has 1 amide bonds. The molecule has 0 radical (unpaired) electrons. The molecule has 2 heterocycles. The Hall–Kier alpha value is -2.04. The van der Waals surface area contributed by atoms with E-state index in [1.807, 2.05) is 18.0 Å². The summed E-state index contributed by atoms with van der Waals surface area (Å²) < 4.78 is 0. The number of rotatable bonds is 3. The van der Waals surface area contributed by atoms with Gasteiger partial charge in [-0.05, 0) is 25.6 Å². The minimum Gasteiger partial charge on any atom is -0.397 e. The van der Waals surface area contributed by atoms with Gasteiger partial charge in [0, 0.05) is 6.54 Å². The summed E-state index contributed by atoms with van der Waals surface area (Å²) in [6, 6.07) is 1.72. The lowest BCUT2D eigenvalue weighted by Gasteiger charge is -2.14. The highest BCUT2D eigenvalue weighted by atomic mass is 16.2. The third kappa shape index (κ3) is 2.96. The minimum atomic E-state index is -0.0541. The molecule has 0 aromatic carbocycles. The van der Waals surface area contributed by atoms with E-state index in [1.165, 1.54) is 0 Å². The van der Waals surface area contributed by atoms with Crippen molar-refractivity contribution in [2.75, 3.05) is 24.1 Å². The van der Waals surface area contributed by atoms with Gasteiger partial charge in [0.05, 0.1) is 29.8 Å². The molecule has 0 spiro atoms.